The van der Waals surface area contributed by atoms with Crippen LogP contribution in [0.25, 0.3) is 0 Å². The Bertz CT molecular complexity index is 294. The van der Waals surface area contributed by atoms with Gasteiger partial charge in [-0.1, -0.05) is 6.92 Å². The van der Waals surface area contributed by atoms with E-state index in [-0.39, 0.29) is 17.0 Å². The van der Waals surface area contributed by atoms with Crippen LogP contribution in [-0.2, 0) is 0 Å². The maximum Gasteiger partial charge on any atom is 0.405 e. The zero-order valence-corrected chi connectivity index (χ0v) is 8.41. The summed E-state index contributed by atoms with van der Waals surface area (Å²) >= 11 is 0. The van der Waals surface area contributed by atoms with Crippen LogP contribution in [0.3, 0.4) is 0 Å². The fraction of sp³-hybridized carbons (Fsp3) is 0.778. The predicted molar refractivity (Wildman–Crippen MR) is 50.8 cm³/mol. The summed E-state index contributed by atoms with van der Waals surface area (Å²) in [4.78, 5) is 21.1. The molecule has 15 heavy (non-hydrogen) atoms. The van der Waals surface area contributed by atoms with E-state index in [4.69, 9.17) is 10.2 Å². The van der Waals surface area contributed by atoms with Crippen LogP contribution in [0.15, 0.2) is 0 Å². The van der Waals surface area contributed by atoms with Crippen LogP contribution in [0.1, 0.15) is 26.2 Å². The summed E-state index contributed by atoms with van der Waals surface area (Å²) in [5, 5.41) is 22.3. The lowest BCUT2D eigenvalue weighted by Gasteiger charge is -2.75. The average Bonchev–Trinajstić information content (AvgIpc) is 1.98. The van der Waals surface area contributed by atoms with Gasteiger partial charge >= 0.3 is 12.2 Å². The summed E-state index contributed by atoms with van der Waals surface area (Å²) in [5.41, 5.74) is -0.744. The first-order valence-electron chi connectivity index (χ1n) is 4.96. The van der Waals surface area contributed by atoms with Crippen LogP contribution in [-0.4, -0.2) is 33.5 Å². The highest BCUT2D eigenvalue weighted by Crippen LogP contribution is 2.66. The van der Waals surface area contributed by atoms with E-state index in [1.165, 1.54) is 0 Å². The Labute approximate surface area is 86.7 Å². The number of nitrogens with one attached hydrogen (secondary N) is 2. The Balaban J connectivity index is 2.03. The van der Waals surface area contributed by atoms with E-state index >= 15 is 0 Å². The van der Waals surface area contributed by atoms with E-state index < -0.39 is 12.2 Å². The number of amides is 2. The van der Waals surface area contributed by atoms with Crippen molar-refractivity contribution in [2.24, 2.45) is 5.92 Å². The first kappa shape index (κ1) is 10.1. The third-order valence-electron chi connectivity index (χ3n) is 3.72. The fourth-order valence-corrected chi connectivity index (χ4v) is 3.39. The lowest BCUT2D eigenvalue weighted by molar-refractivity contribution is -0.171. The molecule has 0 radical (unpaired) electrons. The van der Waals surface area contributed by atoms with Gasteiger partial charge in [-0.2, -0.15) is 0 Å². The minimum absolute atomic E-state index is 0.0946. The van der Waals surface area contributed by atoms with Crippen molar-refractivity contribution in [3.05, 3.63) is 0 Å². The van der Waals surface area contributed by atoms with Gasteiger partial charge in [0.05, 0.1) is 11.1 Å². The quantitative estimate of drug-likeness (QED) is 0.559. The van der Waals surface area contributed by atoms with Crippen molar-refractivity contribution in [3.8, 4) is 0 Å². The lowest BCUT2D eigenvalue weighted by Crippen LogP contribution is -2.90. The van der Waals surface area contributed by atoms with Crippen molar-refractivity contribution in [1.82, 2.24) is 10.6 Å². The Morgan fingerprint density at radius 1 is 1.20 bits per heavy atom. The second-order valence-electron chi connectivity index (χ2n) is 4.49. The molecule has 0 atom stereocenters. The van der Waals surface area contributed by atoms with Crippen molar-refractivity contribution < 1.29 is 19.8 Å². The smallest absolute Gasteiger partial charge is 0.405 e. The van der Waals surface area contributed by atoms with Gasteiger partial charge in [-0.05, 0) is 19.3 Å². The maximum atomic E-state index is 10.6. The van der Waals surface area contributed by atoms with Crippen molar-refractivity contribution in [1.29, 1.82) is 0 Å². The van der Waals surface area contributed by atoms with Gasteiger partial charge in [0.2, 0.25) is 0 Å². The average molecular weight is 214 g/mol. The van der Waals surface area contributed by atoms with Gasteiger partial charge in [0.1, 0.15) is 0 Å². The summed E-state index contributed by atoms with van der Waals surface area (Å²) < 4.78 is 0. The minimum atomic E-state index is -1.03. The second kappa shape index (κ2) is 2.77. The van der Waals surface area contributed by atoms with Crippen LogP contribution in [0, 0.1) is 5.92 Å². The molecule has 3 saturated carbocycles. The first-order valence-corrected chi connectivity index (χ1v) is 4.96. The van der Waals surface area contributed by atoms with Gasteiger partial charge in [0.25, 0.3) is 0 Å². The van der Waals surface area contributed by atoms with Crippen molar-refractivity contribution in [2.45, 2.75) is 37.3 Å². The molecule has 3 aliphatic rings. The monoisotopic (exact) mass is 214 g/mol. The number of hydrogen-bond acceptors (Lipinski definition) is 2. The van der Waals surface area contributed by atoms with E-state index in [2.05, 4.69) is 10.6 Å². The second-order valence-corrected chi connectivity index (χ2v) is 4.49. The number of carboxylic acid groups (broad SMARTS) is 2. The number of rotatable bonds is 3. The summed E-state index contributed by atoms with van der Waals surface area (Å²) in [7, 11) is 0. The molecule has 6 heteroatoms. The third kappa shape index (κ3) is 1.17. The molecule has 0 heterocycles. The zero-order valence-electron chi connectivity index (χ0n) is 8.41. The van der Waals surface area contributed by atoms with Gasteiger partial charge in [0.15, 0.2) is 0 Å². The van der Waals surface area contributed by atoms with Crippen molar-refractivity contribution in [3.63, 3.8) is 0 Å². The summed E-state index contributed by atoms with van der Waals surface area (Å²) in [6.07, 6.45) is -0.122. The van der Waals surface area contributed by atoms with Crippen LogP contribution in [0.4, 0.5) is 9.59 Å². The van der Waals surface area contributed by atoms with E-state index in [0.717, 1.165) is 6.42 Å². The molecule has 0 aromatic heterocycles. The molecule has 0 saturated heterocycles. The van der Waals surface area contributed by atoms with Crippen molar-refractivity contribution in [2.75, 3.05) is 0 Å². The van der Waals surface area contributed by atoms with Gasteiger partial charge in [-0.3, -0.25) is 0 Å². The van der Waals surface area contributed by atoms with E-state index in [1.54, 1.807) is 0 Å². The van der Waals surface area contributed by atoms with Crippen molar-refractivity contribution >= 4 is 12.2 Å². The van der Waals surface area contributed by atoms with Crippen LogP contribution in [0.5, 0.6) is 0 Å². The Morgan fingerprint density at radius 3 is 1.87 bits per heavy atom. The SMILES string of the molecule is CCC1C2(NC(=O)O)CC1(NC(=O)O)C2. The van der Waals surface area contributed by atoms with Crippen LogP contribution < -0.4 is 10.6 Å². The van der Waals surface area contributed by atoms with Gasteiger partial charge in [-0.25, -0.2) is 9.59 Å². The molecule has 0 aromatic carbocycles. The molecular weight excluding hydrogens is 200 g/mol. The first-order chi connectivity index (χ1) is 6.94. The summed E-state index contributed by atoms with van der Waals surface area (Å²) in [6.45, 7) is 1.94. The number of hydrogen-bond donors (Lipinski definition) is 4. The predicted octanol–water partition coefficient (Wildman–Crippen LogP) is 0.833. The van der Waals surface area contributed by atoms with Gasteiger partial charge < -0.3 is 20.8 Å². The Kier molecular flexibility index (Phi) is 1.86. The highest BCUT2D eigenvalue weighted by Gasteiger charge is 2.76. The van der Waals surface area contributed by atoms with Crippen LogP contribution >= 0.6 is 0 Å². The molecule has 4 N–H and O–H groups in total. The molecule has 0 aromatic rings. The Morgan fingerprint density at radius 2 is 1.60 bits per heavy atom. The Hall–Kier alpha value is -1.46. The molecule has 84 valence electrons. The third-order valence-corrected chi connectivity index (χ3v) is 3.72. The molecule has 0 spiro atoms. The molecule has 3 fully saturated rings. The largest absolute Gasteiger partial charge is 0.465 e. The molecule has 2 bridgehead atoms. The summed E-state index contributed by atoms with van der Waals surface area (Å²) in [6, 6.07) is 0. The van der Waals surface area contributed by atoms with Gasteiger partial charge in [-0.15, -0.1) is 0 Å². The highest BCUT2D eigenvalue weighted by atomic mass is 16.4. The molecule has 3 aliphatic carbocycles. The van der Waals surface area contributed by atoms with E-state index in [9.17, 15) is 9.59 Å². The summed E-state index contributed by atoms with van der Waals surface area (Å²) in [5.74, 6) is 0.0946. The zero-order chi connectivity index (χ0) is 11.3. The molecule has 0 aliphatic heterocycles. The topological polar surface area (TPSA) is 98.7 Å². The van der Waals surface area contributed by atoms with E-state index in [1.807, 2.05) is 6.92 Å². The lowest BCUT2D eigenvalue weighted by atomic mass is 9.36. The molecule has 2 amide bonds. The molecule has 3 rings (SSSR count). The van der Waals surface area contributed by atoms with Crippen LogP contribution in [0.2, 0.25) is 0 Å². The normalized spacial score (nSPS) is 41.0. The maximum absolute atomic E-state index is 10.6. The highest BCUT2D eigenvalue weighted by molar-refractivity contribution is 5.70. The minimum Gasteiger partial charge on any atom is -0.465 e. The fourth-order valence-electron chi connectivity index (χ4n) is 3.39. The molecular formula is C9H14N2O4. The van der Waals surface area contributed by atoms with Gasteiger partial charge in [0, 0.05) is 5.92 Å². The molecule has 0 unspecified atom stereocenters. The standard InChI is InChI=1S/C9H14N2O4/c1-2-5-8(10-6(12)13)3-9(5,4-8)11-7(14)15/h5,10-11H,2-4H2,1H3,(H,12,13)(H,14,15). The number of carbonyl (C=O) groups is 2. The molecule has 6 nitrogen and oxygen atoms in total. The van der Waals surface area contributed by atoms with E-state index in [0.29, 0.717) is 12.8 Å².